The molecule has 1 aromatic rings. The maximum absolute atomic E-state index is 13.0. The molecule has 0 aliphatic carbocycles. The van der Waals surface area contributed by atoms with Gasteiger partial charge in [-0.1, -0.05) is 0 Å². The van der Waals surface area contributed by atoms with E-state index in [-0.39, 0.29) is 17.3 Å². The standard InChI is InChI=1S/C17H28N2O4S.ClH/c1-3-22-16-8-7-15(12-17(16)23-4-2)24(20,21)19-11-5-6-14(13-19)9-10-18;/h7-8,12,14H,3-6,9-11,13,18H2,1-2H3;1H. The largest absolute Gasteiger partial charge is 0.490 e. The van der Waals surface area contributed by atoms with Crippen molar-refractivity contribution in [3.63, 3.8) is 0 Å². The highest BCUT2D eigenvalue weighted by molar-refractivity contribution is 7.89. The Kier molecular flexibility index (Phi) is 8.99. The van der Waals surface area contributed by atoms with E-state index in [1.807, 2.05) is 13.8 Å². The van der Waals surface area contributed by atoms with Crippen LogP contribution in [0.1, 0.15) is 33.1 Å². The number of nitrogens with zero attached hydrogens (tertiary/aromatic N) is 1. The number of hydrogen-bond donors (Lipinski definition) is 1. The lowest BCUT2D eigenvalue weighted by molar-refractivity contribution is 0.258. The van der Waals surface area contributed by atoms with E-state index >= 15 is 0 Å². The number of halogens is 1. The van der Waals surface area contributed by atoms with Crippen LogP contribution in [0.4, 0.5) is 0 Å². The summed E-state index contributed by atoms with van der Waals surface area (Å²) in [6.45, 7) is 6.38. The van der Waals surface area contributed by atoms with Gasteiger partial charge in [0.15, 0.2) is 11.5 Å². The molecule has 8 heteroatoms. The van der Waals surface area contributed by atoms with Crippen molar-refractivity contribution in [1.82, 2.24) is 4.31 Å². The van der Waals surface area contributed by atoms with Gasteiger partial charge in [0.25, 0.3) is 0 Å². The van der Waals surface area contributed by atoms with Crippen LogP contribution in [0.25, 0.3) is 0 Å². The van der Waals surface area contributed by atoms with Crippen molar-refractivity contribution in [2.45, 2.75) is 38.0 Å². The van der Waals surface area contributed by atoms with Crippen molar-refractivity contribution in [2.24, 2.45) is 11.7 Å². The summed E-state index contributed by atoms with van der Waals surface area (Å²) in [6, 6.07) is 4.83. The minimum atomic E-state index is -3.53. The van der Waals surface area contributed by atoms with Crippen molar-refractivity contribution < 1.29 is 17.9 Å². The van der Waals surface area contributed by atoms with Crippen molar-refractivity contribution in [3.05, 3.63) is 18.2 Å². The first-order valence-corrected chi connectivity index (χ1v) is 10.1. The zero-order valence-corrected chi connectivity index (χ0v) is 16.6. The normalized spacial score (nSPS) is 18.4. The van der Waals surface area contributed by atoms with E-state index in [2.05, 4.69) is 0 Å². The number of ether oxygens (including phenoxy) is 2. The van der Waals surface area contributed by atoms with Gasteiger partial charge in [-0.15, -0.1) is 12.4 Å². The summed E-state index contributed by atoms with van der Waals surface area (Å²) in [7, 11) is -3.53. The lowest BCUT2D eigenvalue weighted by atomic mass is 9.96. The number of piperidine rings is 1. The summed E-state index contributed by atoms with van der Waals surface area (Å²) < 4.78 is 38.5. The van der Waals surface area contributed by atoms with Gasteiger partial charge in [-0.3, -0.25) is 0 Å². The molecule has 1 aromatic carbocycles. The number of nitrogens with two attached hydrogens (primary N) is 1. The minimum Gasteiger partial charge on any atom is -0.490 e. The van der Waals surface area contributed by atoms with Crippen molar-refractivity contribution in [3.8, 4) is 11.5 Å². The average Bonchev–Trinajstić information content (AvgIpc) is 2.57. The van der Waals surface area contributed by atoms with Gasteiger partial charge >= 0.3 is 0 Å². The fraction of sp³-hybridized carbons (Fsp3) is 0.647. The minimum absolute atomic E-state index is 0. The highest BCUT2D eigenvalue weighted by Gasteiger charge is 2.30. The van der Waals surface area contributed by atoms with Gasteiger partial charge in [-0.05, 0) is 57.7 Å². The molecule has 2 rings (SSSR count). The fourth-order valence-electron chi connectivity index (χ4n) is 3.06. The molecule has 0 bridgehead atoms. The average molecular weight is 393 g/mol. The number of rotatable bonds is 8. The molecular formula is C17H29ClN2O4S. The van der Waals surface area contributed by atoms with E-state index in [0.29, 0.717) is 50.3 Å². The van der Waals surface area contributed by atoms with Gasteiger partial charge in [-0.25, -0.2) is 8.42 Å². The van der Waals surface area contributed by atoms with Gasteiger partial charge in [0.1, 0.15) is 0 Å². The molecule has 0 aromatic heterocycles. The fourth-order valence-corrected chi connectivity index (χ4v) is 4.63. The number of benzene rings is 1. The van der Waals surface area contributed by atoms with E-state index in [0.717, 1.165) is 19.3 Å². The van der Waals surface area contributed by atoms with Crippen molar-refractivity contribution >= 4 is 22.4 Å². The highest BCUT2D eigenvalue weighted by Crippen LogP contribution is 2.32. The topological polar surface area (TPSA) is 81.9 Å². The van der Waals surface area contributed by atoms with E-state index < -0.39 is 10.0 Å². The van der Waals surface area contributed by atoms with Gasteiger partial charge in [-0.2, -0.15) is 4.31 Å². The van der Waals surface area contributed by atoms with Gasteiger partial charge in [0, 0.05) is 19.2 Å². The maximum atomic E-state index is 13.0. The molecule has 1 unspecified atom stereocenters. The third-order valence-electron chi connectivity index (χ3n) is 4.21. The molecule has 0 saturated carbocycles. The number of sulfonamides is 1. The van der Waals surface area contributed by atoms with Crippen LogP contribution >= 0.6 is 12.4 Å². The van der Waals surface area contributed by atoms with Crippen LogP contribution in [-0.2, 0) is 10.0 Å². The predicted molar refractivity (Wildman–Crippen MR) is 101 cm³/mol. The third kappa shape index (κ3) is 5.48. The van der Waals surface area contributed by atoms with Gasteiger partial charge < -0.3 is 15.2 Å². The summed E-state index contributed by atoms with van der Waals surface area (Å²) >= 11 is 0. The molecule has 1 atom stereocenters. The Morgan fingerprint density at radius 2 is 1.88 bits per heavy atom. The summed E-state index contributed by atoms with van der Waals surface area (Å²) in [5, 5.41) is 0. The maximum Gasteiger partial charge on any atom is 0.243 e. The second kappa shape index (κ2) is 10.2. The monoisotopic (exact) mass is 392 g/mol. The lowest BCUT2D eigenvalue weighted by Gasteiger charge is -2.31. The summed E-state index contributed by atoms with van der Waals surface area (Å²) in [6.07, 6.45) is 2.77. The van der Waals surface area contributed by atoms with Gasteiger partial charge in [0.2, 0.25) is 10.0 Å². The van der Waals surface area contributed by atoms with Crippen LogP contribution < -0.4 is 15.2 Å². The Balaban J connectivity index is 0.00000312. The van der Waals surface area contributed by atoms with Crippen LogP contribution in [-0.4, -0.2) is 45.6 Å². The third-order valence-corrected chi connectivity index (χ3v) is 6.07. The van der Waals surface area contributed by atoms with E-state index in [9.17, 15) is 8.42 Å². The van der Waals surface area contributed by atoms with Gasteiger partial charge in [0.05, 0.1) is 18.1 Å². The molecule has 2 N–H and O–H groups in total. The van der Waals surface area contributed by atoms with E-state index in [1.165, 1.54) is 0 Å². The molecule has 144 valence electrons. The Morgan fingerprint density at radius 1 is 1.20 bits per heavy atom. The molecule has 1 aliphatic heterocycles. The van der Waals surface area contributed by atoms with Crippen molar-refractivity contribution in [1.29, 1.82) is 0 Å². The molecule has 1 saturated heterocycles. The molecule has 0 radical (unpaired) electrons. The first-order chi connectivity index (χ1) is 11.5. The first-order valence-electron chi connectivity index (χ1n) is 8.62. The summed E-state index contributed by atoms with van der Waals surface area (Å²) in [5.41, 5.74) is 5.62. The summed E-state index contributed by atoms with van der Waals surface area (Å²) in [4.78, 5) is 0.253. The van der Waals surface area contributed by atoms with Crippen LogP contribution in [0.15, 0.2) is 23.1 Å². The molecule has 0 amide bonds. The van der Waals surface area contributed by atoms with Crippen molar-refractivity contribution in [2.75, 3.05) is 32.8 Å². The predicted octanol–water partition coefficient (Wildman–Crippen LogP) is 2.66. The van der Waals surface area contributed by atoms with E-state index in [4.69, 9.17) is 15.2 Å². The lowest BCUT2D eigenvalue weighted by Crippen LogP contribution is -2.40. The molecule has 1 fully saturated rings. The van der Waals surface area contributed by atoms with E-state index in [1.54, 1.807) is 22.5 Å². The molecular weight excluding hydrogens is 364 g/mol. The molecule has 1 aliphatic rings. The Hall–Kier alpha value is -1.02. The van der Waals surface area contributed by atoms with Crippen LogP contribution in [0.3, 0.4) is 0 Å². The molecule has 25 heavy (non-hydrogen) atoms. The highest BCUT2D eigenvalue weighted by atomic mass is 35.5. The Labute approximate surface area is 157 Å². The zero-order chi connectivity index (χ0) is 17.6. The quantitative estimate of drug-likeness (QED) is 0.735. The SMILES string of the molecule is CCOc1ccc(S(=O)(=O)N2CCCC(CCN)C2)cc1OCC.Cl. The second-order valence-electron chi connectivity index (χ2n) is 5.92. The molecule has 6 nitrogen and oxygen atoms in total. The molecule has 1 heterocycles. The first kappa shape index (κ1) is 22.0. The Bertz CT molecular complexity index is 638. The molecule has 0 spiro atoms. The summed E-state index contributed by atoms with van der Waals surface area (Å²) in [5.74, 6) is 1.38. The van der Waals surface area contributed by atoms with Crippen LogP contribution in [0, 0.1) is 5.92 Å². The number of hydrogen-bond acceptors (Lipinski definition) is 5. The Morgan fingerprint density at radius 3 is 2.52 bits per heavy atom. The zero-order valence-electron chi connectivity index (χ0n) is 14.9. The van der Waals surface area contributed by atoms with Crippen LogP contribution in [0.2, 0.25) is 0 Å². The van der Waals surface area contributed by atoms with Crippen LogP contribution in [0.5, 0.6) is 11.5 Å². The smallest absolute Gasteiger partial charge is 0.243 e. The second-order valence-corrected chi connectivity index (χ2v) is 7.86.